The minimum absolute atomic E-state index is 0.418. The number of nitrogens with one attached hydrogen (secondary N) is 1. The number of esters is 1. The van der Waals surface area contributed by atoms with Gasteiger partial charge in [-0.25, -0.2) is 13.6 Å². The molecule has 17 heavy (non-hydrogen) atoms. The SMILES string of the molecule is COC(=O)[C@H](CSC(F)(F)C(F)F)NC(C)=O. The van der Waals surface area contributed by atoms with Gasteiger partial charge in [0.2, 0.25) is 5.91 Å². The quantitative estimate of drug-likeness (QED) is 0.586. The number of methoxy groups -OCH3 is 1. The van der Waals surface area contributed by atoms with Crippen LogP contribution in [0.5, 0.6) is 0 Å². The summed E-state index contributed by atoms with van der Waals surface area (Å²) in [6.07, 6.45) is -3.84. The largest absolute Gasteiger partial charge is 0.467 e. The van der Waals surface area contributed by atoms with Gasteiger partial charge in [-0.05, 0) is 0 Å². The molecule has 0 fully saturated rings. The van der Waals surface area contributed by atoms with Crippen molar-refractivity contribution in [1.29, 1.82) is 0 Å². The maximum atomic E-state index is 12.6. The van der Waals surface area contributed by atoms with E-state index in [2.05, 4.69) is 4.74 Å². The van der Waals surface area contributed by atoms with Crippen LogP contribution < -0.4 is 5.32 Å². The molecule has 4 nitrogen and oxygen atoms in total. The van der Waals surface area contributed by atoms with E-state index in [0.717, 1.165) is 14.0 Å². The third-order valence-electron chi connectivity index (χ3n) is 1.56. The van der Waals surface area contributed by atoms with Crippen molar-refractivity contribution in [2.45, 2.75) is 24.6 Å². The fourth-order valence-electron chi connectivity index (χ4n) is 0.814. The maximum Gasteiger partial charge on any atom is 0.353 e. The molecule has 0 saturated carbocycles. The van der Waals surface area contributed by atoms with Crippen molar-refractivity contribution < 1.29 is 31.9 Å². The monoisotopic (exact) mass is 277 g/mol. The van der Waals surface area contributed by atoms with Crippen LogP contribution in [0.2, 0.25) is 0 Å². The van der Waals surface area contributed by atoms with Gasteiger partial charge < -0.3 is 10.1 Å². The van der Waals surface area contributed by atoms with E-state index < -0.39 is 47.1 Å². The van der Waals surface area contributed by atoms with Gasteiger partial charge in [0, 0.05) is 12.7 Å². The molecule has 100 valence electrons. The van der Waals surface area contributed by atoms with E-state index in [9.17, 15) is 27.2 Å². The number of alkyl halides is 4. The highest BCUT2D eigenvalue weighted by Crippen LogP contribution is 2.35. The molecule has 0 rings (SSSR count). The Hall–Kier alpha value is -0.990. The molecule has 9 heteroatoms. The number of amides is 1. The normalized spacial score (nSPS) is 13.4. The van der Waals surface area contributed by atoms with Crippen LogP contribution in [0.1, 0.15) is 6.92 Å². The van der Waals surface area contributed by atoms with Gasteiger partial charge >= 0.3 is 17.6 Å². The molecule has 0 aromatic rings. The summed E-state index contributed by atoms with van der Waals surface area (Å²) >= 11 is -0.418. The number of thioether (sulfide) groups is 1. The van der Waals surface area contributed by atoms with Crippen molar-refractivity contribution in [3.05, 3.63) is 0 Å². The van der Waals surface area contributed by atoms with Crippen LogP contribution in [-0.4, -0.2) is 42.5 Å². The zero-order chi connectivity index (χ0) is 13.6. The number of hydrogen-bond acceptors (Lipinski definition) is 4. The van der Waals surface area contributed by atoms with E-state index in [1.807, 2.05) is 5.32 Å². The molecule has 1 atom stereocenters. The molecule has 1 amide bonds. The van der Waals surface area contributed by atoms with Crippen molar-refractivity contribution >= 4 is 23.6 Å². The Bertz CT molecular complexity index is 288. The molecule has 0 bridgehead atoms. The van der Waals surface area contributed by atoms with Crippen molar-refractivity contribution in [3.8, 4) is 0 Å². The Kier molecular flexibility index (Phi) is 6.29. The summed E-state index contributed by atoms with van der Waals surface area (Å²) in [4.78, 5) is 21.7. The van der Waals surface area contributed by atoms with E-state index >= 15 is 0 Å². The van der Waals surface area contributed by atoms with Gasteiger partial charge in [-0.2, -0.15) is 8.78 Å². The summed E-state index contributed by atoms with van der Waals surface area (Å²) < 4.78 is 53.0. The van der Waals surface area contributed by atoms with Crippen molar-refractivity contribution in [3.63, 3.8) is 0 Å². The topological polar surface area (TPSA) is 55.4 Å². The predicted molar refractivity (Wildman–Crippen MR) is 53.0 cm³/mol. The van der Waals surface area contributed by atoms with Crippen LogP contribution in [0.25, 0.3) is 0 Å². The van der Waals surface area contributed by atoms with E-state index in [4.69, 9.17) is 0 Å². The summed E-state index contributed by atoms with van der Waals surface area (Å²) in [5.41, 5.74) is 0. The predicted octanol–water partition coefficient (Wildman–Crippen LogP) is 1.26. The lowest BCUT2D eigenvalue weighted by molar-refractivity contribution is -0.144. The second kappa shape index (κ2) is 6.67. The molecule has 0 spiro atoms. The Morgan fingerprint density at radius 3 is 2.29 bits per heavy atom. The molecular formula is C8H11F4NO3S. The summed E-state index contributed by atoms with van der Waals surface area (Å²) in [5, 5.41) is -2.24. The van der Waals surface area contributed by atoms with Gasteiger partial charge in [-0.1, -0.05) is 11.8 Å². The fraction of sp³-hybridized carbons (Fsp3) is 0.750. The van der Waals surface area contributed by atoms with Crippen molar-refractivity contribution in [1.82, 2.24) is 5.32 Å². The first-order chi connectivity index (χ1) is 7.70. The van der Waals surface area contributed by atoms with E-state index in [-0.39, 0.29) is 0 Å². The van der Waals surface area contributed by atoms with Crippen LogP contribution in [0.4, 0.5) is 17.6 Å². The van der Waals surface area contributed by atoms with Gasteiger partial charge in [0.25, 0.3) is 0 Å². The lowest BCUT2D eigenvalue weighted by atomic mass is 10.3. The van der Waals surface area contributed by atoms with E-state index in [1.54, 1.807) is 0 Å². The first-order valence-corrected chi connectivity index (χ1v) is 5.34. The fourth-order valence-corrected chi connectivity index (χ4v) is 1.55. The molecule has 0 aliphatic carbocycles. The van der Waals surface area contributed by atoms with Gasteiger partial charge in [0.05, 0.1) is 7.11 Å². The summed E-state index contributed by atoms with van der Waals surface area (Å²) in [6, 6.07) is -1.38. The molecule has 1 N–H and O–H groups in total. The van der Waals surface area contributed by atoms with E-state index in [1.165, 1.54) is 0 Å². The highest BCUT2D eigenvalue weighted by atomic mass is 32.2. The van der Waals surface area contributed by atoms with Crippen LogP contribution in [-0.2, 0) is 14.3 Å². The number of rotatable bonds is 6. The molecular weight excluding hydrogens is 266 g/mol. The molecule has 0 heterocycles. The molecule has 0 saturated heterocycles. The molecule has 0 unspecified atom stereocenters. The molecule has 0 aromatic carbocycles. The van der Waals surface area contributed by atoms with Gasteiger partial charge in [0.15, 0.2) is 0 Å². The van der Waals surface area contributed by atoms with Crippen LogP contribution in [0.3, 0.4) is 0 Å². The number of ether oxygens (including phenoxy) is 1. The third kappa shape index (κ3) is 5.76. The molecule has 0 aromatic heterocycles. The standard InChI is InChI=1S/C8H11F4NO3S/c1-4(14)13-5(6(15)16-2)3-17-8(11,12)7(9)10/h5,7H,3H2,1-2H3,(H,13,14)/t5-/m0/s1. The van der Waals surface area contributed by atoms with Gasteiger partial charge in [-0.15, -0.1) is 0 Å². The zero-order valence-corrected chi connectivity index (χ0v) is 9.82. The van der Waals surface area contributed by atoms with Crippen molar-refractivity contribution in [2.24, 2.45) is 0 Å². The zero-order valence-electron chi connectivity index (χ0n) is 9.01. The average Bonchev–Trinajstić information content (AvgIpc) is 2.22. The summed E-state index contributed by atoms with van der Waals surface area (Å²) in [7, 11) is 0.993. The first kappa shape index (κ1) is 16.0. The van der Waals surface area contributed by atoms with Gasteiger partial charge in [-0.3, -0.25) is 4.79 Å². The van der Waals surface area contributed by atoms with Gasteiger partial charge in [0.1, 0.15) is 6.04 Å². The average molecular weight is 277 g/mol. The highest BCUT2D eigenvalue weighted by molar-refractivity contribution is 8.00. The Morgan fingerprint density at radius 2 is 1.94 bits per heavy atom. The highest BCUT2D eigenvalue weighted by Gasteiger charge is 2.42. The maximum absolute atomic E-state index is 12.6. The number of carbonyl (C=O) groups is 2. The Morgan fingerprint density at radius 1 is 1.41 bits per heavy atom. The van der Waals surface area contributed by atoms with Crippen LogP contribution >= 0.6 is 11.8 Å². The molecule has 0 radical (unpaired) electrons. The number of halogens is 4. The third-order valence-corrected chi connectivity index (χ3v) is 2.62. The van der Waals surface area contributed by atoms with E-state index in [0.29, 0.717) is 0 Å². The number of hydrogen-bond donors (Lipinski definition) is 1. The second-order valence-corrected chi connectivity index (χ2v) is 4.12. The lowest BCUT2D eigenvalue weighted by Crippen LogP contribution is -2.43. The number of carbonyl (C=O) groups excluding carboxylic acids is 2. The van der Waals surface area contributed by atoms with Crippen molar-refractivity contribution in [2.75, 3.05) is 12.9 Å². The molecule has 0 aliphatic rings. The second-order valence-electron chi connectivity index (χ2n) is 2.95. The molecule has 0 aliphatic heterocycles. The Balaban J connectivity index is 4.45. The first-order valence-electron chi connectivity index (χ1n) is 4.35. The lowest BCUT2D eigenvalue weighted by Gasteiger charge is -2.19. The van der Waals surface area contributed by atoms with Crippen LogP contribution in [0.15, 0.2) is 0 Å². The minimum Gasteiger partial charge on any atom is -0.467 e. The summed E-state index contributed by atoms with van der Waals surface area (Å²) in [6.45, 7) is 1.06. The smallest absolute Gasteiger partial charge is 0.353 e. The summed E-state index contributed by atoms with van der Waals surface area (Å²) in [5.74, 6) is -2.33. The minimum atomic E-state index is -4.27. The Labute approximate surface area is 99.1 Å². The van der Waals surface area contributed by atoms with Crippen LogP contribution in [0, 0.1) is 0 Å².